The van der Waals surface area contributed by atoms with Gasteiger partial charge >= 0.3 is 0 Å². The first-order chi connectivity index (χ1) is 18.4. The molecular weight excluding hydrogens is 451 g/mol. The van der Waals surface area contributed by atoms with Gasteiger partial charge in [0.15, 0.2) is 11.5 Å². The molecule has 0 spiro atoms. The quantitative estimate of drug-likeness (QED) is 0.276. The molecule has 8 rings (SSSR count). The first-order valence-corrected chi connectivity index (χ1v) is 12.6. The predicted octanol–water partition coefficient (Wildman–Crippen LogP) is 6.31. The molecule has 0 bridgehead atoms. The molecule has 0 N–H and O–H groups in total. The van der Waals surface area contributed by atoms with Gasteiger partial charge in [-0.15, -0.1) is 0 Å². The molecule has 0 unspecified atom stereocenters. The summed E-state index contributed by atoms with van der Waals surface area (Å²) in [5.41, 5.74) is 10.7. The summed E-state index contributed by atoms with van der Waals surface area (Å²) < 4.78 is 6.21. The average Bonchev–Trinajstić information content (AvgIpc) is 2.96. The minimum Gasteiger partial charge on any atom is -0.453 e. The molecule has 172 valence electrons. The van der Waals surface area contributed by atoms with E-state index in [1.807, 2.05) is 30.5 Å². The van der Waals surface area contributed by atoms with Crippen LogP contribution in [-0.4, -0.2) is 11.7 Å². The van der Waals surface area contributed by atoms with Crippen molar-refractivity contribution in [2.45, 2.75) is 0 Å². The maximum Gasteiger partial charge on any atom is 0.242 e. The minimum atomic E-state index is 0.148. The van der Waals surface area contributed by atoms with Crippen molar-refractivity contribution in [3.63, 3.8) is 0 Å². The highest BCUT2D eigenvalue weighted by atomic mass is 16.5. The van der Waals surface area contributed by atoms with Gasteiger partial charge in [0.1, 0.15) is 0 Å². The van der Waals surface area contributed by atoms with E-state index in [1.165, 1.54) is 32.9 Å². The molecule has 1 aromatic heterocycles. The maximum atomic E-state index is 6.21. The second-order valence-electron chi connectivity index (χ2n) is 9.58. The van der Waals surface area contributed by atoms with Gasteiger partial charge in [-0.05, 0) is 59.7 Å². The van der Waals surface area contributed by atoms with E-state index >= 15 is 0 Å². The maximum absolute atomic E-state index is 6.21. The summed E-state index contributed by atoms with van der Waals surface area (Å²) in [6.07, 6.45) is 1.92. The standard InChI is InChI=1S/C33H21BN2O/c1-2-9-26-24(8-1)25-20-21-35-28-11-7-10-27(33(25)28)34(26)22-16-18-23(19-17-22)36-29-12-3-5-14-31(29)37-32-15-6-4-13-30(32)36/h1-21H. The van der Waals surface area contributed by atoms with Crippen LogP contribution in [0.15, 0.2) is 128 Å². The zero-order chi connectivity index (χ0) is 24.3. The Kier molecular flexibility index (Phi) is 4.32. The third kappa shape index (κ3) is 2.99. The van der Waals surface area contributed by atoms with E-state index in [0.29, 0.717) is 0 Å². The van der Waals surface area contributed by atoms with Gasteiger partial charge in [-0.1, -0.05) is 89.2 Å². The van der Waals surface area contributed by atoms with Crippen LogP contribution in [0.1, 0.15) is 0 Å². The normalized spacial score (nSPS) is 13.0. The number of hydrogen-bond acceptors (Lipinski definition) is 3. The number of ether oxygens (including phenoxy) is 1. The largest absolute Gasteiger partial charge is 0.453 e. The van der Waals surface area contributed by atoms with Crippen LogP contribution >= 0.6 is 0 Å². The van der Waals surface area contributed by atoms with Gasteiger partial charge in [0.25, 0.3) is 0 Å². The van der Waals surface area contributed by atoms with Gasteiger partial charge in [0.05, 0.1) is 16.9 Å². The monoisotopic (exact) mass is 472 g/mol. The Bertz CT molecular complexity index is 1780. The molecule has 2 aliphatic heterocycles. The Balaban J connectivity index is 1.29. The topological polar surface area (TPSA) is 25.4 Å². The Hall–Kier alpha value is -4.83. The summed E-state index contributed by atoms with van der Waals surface area (Å²) in [5, 5.41) is 1.26. The van der Waals surface area contributed by atoms with Gasteiger partial charge in [-0.25, -0.2) is 0 Å². The SMILES string of the molecule is c1ccc2c(c1)Oc1ccccc1N2c1ccc(B2c3ccccc3-c3ccnc4cccc2c34)cc1. The highest BCUT2D eigenvalue weighted by molar-refractivity contribution is 6.98. The van der Waals surface area contributed by atoms with E-state index in [-0.39, 0.29) is 6.71 Å². The van der Waals surface area contributed by atoms with Gasteiger partial charge in [-0.2, -0.15) is 0 Å². The van der Waals surface area contributed by atoms with E-state index < -0.39 is 0 Å². The highest BCUT2D eigenvalue weighted by Crippen LogP contribution is 2.49. The molecule has 0 aliphatic carbocycles. The summed E-state index contributed by atoms with van der Waals surface area (Å²) in [7, 11) is 0. The first kappa shape index (κ1) is 20.4. The van der Waals surface area contributed by atoms with Crippen molar-refractivity contribution >= 4 is 51.1 Å². The van der Waals surface area contributed by atoms with E-state index in [9.17, 15) is 0 Å². The van der Waals surface area contributed by atoms with Crippen molar-refractivity contribution in [1.29, 1.82) is 0 Å². The van der Waals surface area contributed by atoms with Gasteiger partial charge in [0, 0.05) is 17.3 Å². The molecule has 0 atom stereocenters. The van der Waals surface area contributed by atoms with E-state index in [0.717, 1.165) is 34.1 Å². The molecule has 0 amide bonds. The lowest BCUT2D eigenvalue weighted by Gasteiger charge is -2.33. The van der Waals surface area contributed by atoms with Crippen LogP contribution in [0.2, 0.25) is 0 Å². The fourth-order valence-electron chi connectivity index (χ4n) is 6.02. The average molecular weight is 472 g/mol. The van der Waals surface area contributed by atoms with Crippen LogP contribution in [0.5, 0.6) is 11.5 Å². The van der Waals surface area contributed by atoms with E-state index in [2.05, 4.69) is 107 Å². The van der Waals surface area contributed by atoms with Crippen molar-refractivity contribution < 1.29 is 4.74 Å². The summed E-state index contributed by atoms with van der Waals surface area (Å²) in [5.74, 6) is 1.73. The summed E-state index contributed by atoms with van der Waals surface area (Å²) >= 11 is 0. The number of aromatic nitrogens is 1. The molecular formula is C33H21BN2O. The van der Waals surface area contributed by atoms with Crippen LogP contribution in [0.4, 0.5) is 17.1 Å². The molecule has 0 saturated carbocycles. The van der Waals surface area contributed by atoms with Crippen molar-refractivity contribution in [3.05, 3.63) is 128 Å². The van der Waals surface area contributed by atoms with Crippen LogP contribution in [0.25, 0.3) is 22.0 Å². The second kappa shape index (κ2) is 7.84. The smallest absolute Gasteiger partial charge is 0.242 e. The van der Waals surface area contributed by atoms with Crippen molar-refractivity contribution in [2.24, 2.45) is 0 Å². The Morgan fingerprint density at radius 3 is 2.03 bits per heavy atom. The molecule has 0 saturated heterocycles. The number of anilines is 3. The summed E-state index contributed by atoms with van der Waals surface area (Å²) in [6, 6.07) is 42.9. The Labute approximate surface area is 215 Å². The van der Waals surface area contributed by atoms with Crippen molar-refractivity contribution in [2.75, 3.05) is 4.90 Å². The highest BCUT2D eigenvalue weighted by Gasteiger charge is 2.32. The molecule has 5 aromatic carbocycles. The first-order valence-electron chi connectivity index (χ1n) is 12.6. The number of hydrogen-bond donors (Lipinski definition) is 0. The molecule has 3 nitrogen and oxygen atoms in total. The van der Waals surface area contributed by atoms with Gasteiger partial charge in [0.2, 0.25) is 6.71 Å². The Morgan fingerprint density at radius 1 is 0.568 bits per heavy atom. The van der Waals surface area contributed by atoms with E-state index in [4.69, 9.17) is 4.74 Å². The van der Waals surface area contributed by atoms with Gasteiger partial charge < -0.3 is 9.64 Å². The van der Waals surface area contributed by atoms with Crippen LogP contribution in [0.3, 0.4) is 0 Å². The number of para-hydroxylation sites is 4. The molecule has 4 heteroatoms. The lowest BCUT2D eigenvalue weighted by Crippen LogP contribution is -2.54. The number of fused-ring (bicyclic) bond motifs is 4. The van der Waals surface area contributed by atoms with Crippen LogP contribution < -0.4 is 26.0 Å². The third-order valence-electron chi connectivity index (χ3n) is 7.59. The molecule has 2 aliphatic rings. The molecule has 3 heterocycles. The van der Waals surface area contributed by atoms with Gasteiger partial charge in [-0.3, -0.25) is 4.98 Å². The second-order valence-corrected chi connectivity index (χ2v) is 9.58. The molecule has 6 aromatic rings. The number of nitrogens with zero attached hydrogens (tertiary/aromatic N) is 2. The molecule has 0 fully saturated rings. The lowest BCUT2D eigenvalue weighted by atomic mass is 9.34. The molecule has 37 heavy (non-hydrogen) atoms. The fraction of sp³-hybridized carbons (Fsp3) is 0. The zero-order valence-electron chi connectivity index (χ0n) is 20.0. The zero-order valence-corrected chi connectivity index (χ0v) is 20.0. The number of rotatable bonds is 2. The fourth-order valence-corrected chi connectivity index (χ4v) is 6.02. The van der Waals surface area contributed by atoms with E-state index in [1.54, 1.807) is 0 Å². The summed E-state index contributed by atoms with van der Waals surface area (Å²) in [6.45, 7) is 0.148. The number of pyridine rings is 1. The minimum absolute atomic E-state index is 0.148. The predicted molar refractivity (Wildman–Crippen MR) is 153 cm³/mol. The third-order valence-corrected chi connectivity index (χ3v) is 7.59. The van der Waals surface area contributed by atoms with Crippen molar-refractivity contribution in [3.8, 4) is 22.6 Å². The lowest BCUT2D eigenvalue weighted by molar-refractivity contribution is 0.477. The number of benzene rings is 5. The van der Waals surface area contributed by atoms with Crippen LogP contribution in [-0.2, 0) is 0 Å². The van der Waals surface area contributed by atoms with Crippen LogP contribution in [0, 0.1) is 0 Å². The van der Waals surface area contributed by atoms with Crippen molar-refractivity contribution in [1.82, 2.24) is 4.98 Å². The molecule has 0 radical (unpaired) electrons. The summed E-state index contributed by atoms with van der Waals surface area (Å²) in [4.78, 5) is 6.97. The Morgan fingerprint density at radius 2 is 1.24 bits per heavy atom.